The van der Waals surface area contributed by atoms with E-state index in [0.29, 0.717) is 22.0 Å². The second kappa shape index (κ2) is 7.81. The van der Waals surface area contributed by atoms with Crippen LogP contribution in [0.4, 0.5) is 5.69 Å². The number of hydrogen-bond donors (Lipinski definition) is 1. The highest BCUT2D eigenvalue weighted by Gasteiger charge is 2.29. The topological polar surface area (TPSA) is 97.8 Å². The smallest absolute Gasteiger partial charge is 0.280 e. The van der Waals surface area contributed by atoms with Crippen molar-refractivity contribution < 1.29 is 13.2 Å². The van der Waals surface area contributed by atoms with E-state index in [4.69, 9.17) is 16.7 Å². The molecule has 0 spiro atoms. The van der Waals surface area contributed by atoms with Crippen LogP contribution < -0.4 is 10.1 Å². The highest BCUT2D eigenvalue weighted by Crippen LogP contribution is 2.29. The zero-order chi connectivity index (χ0) is 22.3. The number of halogens is 1. The van der Waals surface area contributed by atoms with Gasteiger partial charge in [-0.2, -0.15) is 10.1 Å². The molecule has 9 heteroatoms. The van der Waals surface area contributed by atoms with Gasteiger partial charge in [-0.1, -0.05) is 17.7 Å². The lowest BCUT2D eigenvalue weighted by Crippen LogP contribution is -2.21. The Hall–Kier alpha value is -3.20. The van der Waals surface area contributed by atoms with Crippen LogP contribution in [0.5, 0.6) is 0 Å². The summed E-state index contributed by atoms with van der Waals surface area (Å²) in [4.78, 5) is 13.1. The molecule has 1 aliphatic rings. The molecule has 0 bridgehead atoms. The molecule has 0 aliphatic carbocycles. The van der Waals surface area contributed by atoms with Crippen LogP contribution in [0.2, 0.25) is 5.02 Å². The minimum absolute atomic E-state index is 0.0321. The lowest BCUT2D eigenvalue weighted by molar-refractivity contribution is -0.114. The number of sulfonamides is 1. The van der Waals surface area contributed by atoms with E-state index in [2.05, 4.69) is 5.10 Å². The van der Waals surface area contributed by atoms with Crippen LogP contribution in [-0.4, -0.2) is 24.6 Å². The van der Waals surface area contributed by atoms with E-state index in [-0.39, 0.29) is 10.8 Å². The summed E-state index contributed by atoms with van der Waals surface area (Å²) in [5.74, 6) is -0.255. The van der Waals surface area contributed by atoms with Gasteiger partial charge in [0, 0.05) is 22.6 Å². The van der Waals surface area contributed by atoms with Gasteiger partial charge in [-0.15, -0.1) is 0 Å². The number of aryl methyl sites for hydroxylation is 1. The van der Waals surface area contributed by atoms with Crippen LogP contribution in [0, 0.1) is 6.92 Å². The molecular formula is C22H19ClN4O3S. The van der Waals surface area contributed by atoms with E-state index in [1.165, 1.54) is 17.1 Å². The van der Waals surface area contributed by atoms with Crippen molar-refractivity contribution in [1.82, 2.24) is 4.57 Å². The number of benzene rings is 2. The number of rotatable bonds is 4. The van der Waals surface area contributed by atoms with Crippen molar-refractivity contribution in [3.05, 3.63) is 82.6 Å². The fourth-order valence-corrected chi connectivity index (χ4v) is 3.95. The number of nitrogens with zero attached hydrogens (tertiary/aromatic N) is 3. The first kappa shape index (κ1) is 21.0. The maximum absolute atomic E-state index is 13.1. The van der Waals surface area contributed by atoms with Crippen LogP contribution >= 0.6 is 11.6 Å². The molecule has 1 aliphatic heterocycles. The number of amides is 1. The number of nitrogens with two attached hydrogens (primary N) is 1. The Kier molecular flexibility index (Phi) is 5.30. The molecule has 3 aromatic rings. The predicted octanol–water partition coefficient (Wildman–Crippen LogP) is 3.89. The van der Waals surface area contributed by atoms with Gasteiger partial charge in [0.2, 0.25) is 10.0 Å². The standard InChI is InChI=1S/C22H19ClN4O3S/c1-14-5-6-18(13-21(14)23)27-22(28)20(15(2)25-27)12-17-4-3-11-26(17)16-7-9-19(10-8-16)31(24,29)30/h3-13H,1-2H3,(H2,24,29,30). The summed E-state index contributed by atoms with van der Waals surface area (Å²) in [6, 6.07) is 15.2. The van der Waals surface area contributed by atoms with Gasteiger partial charge in [0.1, 0.15) is 0 Å². The Morgan fingerprint density at radius 1 is 1.03 bits per heavy atom. The molecule has 0 radical (unpaired) electrons. The lowest BCUT2D eigenvalue weighted by atomic mass is 10.1. The van der Waals surface area contributed by atoms with E-state index in [9.17, 15) is 13.2 Å². The quantitative estimate of drug-likeness (QED) is 0.605. The predicted molar refractivity (Wildman–Crippen MR) is 122 cm³/mol. The van der Waals surface area contributed by atoms with Crippen LogP contribution in [-0.2, 0) is 14.8 Å². The summed E-state index contributed by atoms with van der Waals surface area (Å²) >= 11 is 6.21. The first-order valence-corrected chi connectivity index (χ1v) is 11.3. The average molecular weight is 455 g/mol. The molecule has 0 atom stereocenters. The second-order valence-corrected chi connectivity index (χ2v) is 9.10. The van der Waals surface area contributed by atoms with Gasteiger partial charge in [0.05, 0.1) is 21.9 Å². The third-order valence-electron chi connectivity index (χ3n) is 4.98. The average Bonchev–Trinajstić information content (AvgIpc) is 3.29. The number of carbonyl (C=O) groups is 1. The fraction of sp³-hybridized carbons (Fsp3) is 0.0909. The molecule has 0 unspecified atom stereocenters. The van der Waals surface area contributed by atoms with E-state index >= 15 is 0 Å². The number of hydrazone groups is 1. The SMILES string of the molecule is CC1=NN(c2ccc(C)c(Cl)c2)C(=O)C1=Cc1cccn1-c1ccc(S(N)(=O)=O)cc1. The Bertz CT molecular complexity index is 1360. The third kappa shape index (κ3) is 4.05. The van der Waals surface area contributed by atoms with Gasteiger partial charge < -0.3 is 4.57 Å². The Morgan fingerprint density at radius 3 is 2.35 bits per heavy atom. The summed E-state index contributed by atoms with van der Waals surface area (Å²) in [7, 11) is -3.77. The first-order chi connectivity index (χ1) is 14.6. The van der Waals surface area contributed by atoms with Crippen molar-refractivity contribution in [1.29, 1.82) is 0 Å². The van der Waals surface area contributed by atoms with Crippen molar-refractivity contribution in [3.63, 3.8) is 0 Å². The van der Waals surface area contributed by atoms with Crippen LogP contribution in [0.3, 0.4) is 0 Å². The molecule has 0 fully saturated rings. The summed E-state index contributed by atoms with van der Waals surface area (Å²) < 4.78 is 24.8. The summed E-state index contributed by atoms with van der Waals surface area (Å²) in [5, 5.41) is 11.5. The minimum atomic E-state index is -3.77. The minimum Gasteiger partial charge on any atom is -0.317 e. The molecule has 2 aromatic carbocycles. The van der Waals surface area contributed by atoms with Crippen molar-refractivity contribution >= 4 is 45.0 Å². The van der Waals surface area contributed by atoms with Crippen molar-refractivity contribution in [3.8, 4) is 5.69 Å². The molecule has 2 N–H and O–H groups in total. The highest BCUT2D eigenvalue weighted by atomic mass is 35.5. The third-order valence-corrected chi connectivity index (χ3v) is 6.31. The van der Waals surface area contributed by atoms with Crippen molar-refractivity contribution in [2.24, 2.45) is 10.2 Å². The Balaban J connectivity index is 1.67. The van der Waals surface area contributed by atoms with Gasteiger partial charge >= 0.3 is 0 Å². The number of anilines is 1. The monoisotopic (exact) mass is 454 g/mol. The first-order valence-electron chi connectivity index (χ1n) is 9.33. The number of hydrogen-bond acceptors (Lipinski definition) is 4. The number of aromatic nitrogens is 1. The maximum Gasteiger partial charge on any atom is 0.280 e. The van der Waals surface area contributed by atoms with E-state index in [1.807, 2.05) is 35.9 Å². The molecule has 31 heavy (non-hydrogen) atoms. The van der Waals surface area contributed by atoms with Gasteiger partial charge in [0.15, 0.2) is 0 Å². The molecule has 4 rings (SSSR count). The Morgan fingerprint density at radius 2 is 1.71 bits per heavy atom. The largest absolute Gasteiger partial charge is 0.317 e. The van der Waals surface area contributed by atoms with Crippen LogP contribution in [0.15, 0.2) is 76.4 Å². The maximum atomic E-state index is 13.1. The highest BCUT2D eigenvalue weighted by molar-refractivity contribution is 7.89. The normalized spacial score (nSPS) is 15.6. The molecule has 158 valence electrons. The van der Waals surface area contributed by atoms with Crippen LogP contribution in [0.25, 0.3) is 11.8 Å². The number of primary sulfonamides is 1. The van der Waals surface area contributed by atoms with E-state index in [0.717, 1.165) is 16.9 Å². The summed E-state index contributed by atoms with van der Waals surface area (Å²) in [5.41, 5.74) is 4.02. The molecule has 0 saturated heterocycles. The van der Waals surface area contributed by atoms with Gasteiger partial charge in [-0.25, -0.2) is 13.6 Å². The summed E-state index contributed by atoms with van der Waals surface area (Å²) in [6.07, 6.45) is 3.58. The fourth-order valence-electron chi connectivity index (χ4n) is 3.26. The van der Waals surface area contributed by atoms with E-state index < -0.39 is 10.0 Å². The van der Waals surface area contributed by atoms with Crippen molar-refractivity contribution in [2.45, 2.75) is 18.7 Å². The molecule has 1 amide bonds. The molecular weight excluding hydrogens is 436 g/mol. The van der Waals surface area contributed by atoms with Crippen molar-refractivity contribution in [2.75, 3.05) is 5.01 Å². The zero-order valence-corrected chi connectivity index (χ0v) is 18.4. The summed E-state index contributed by atoms with van der Waals surface area (Å²) in [6.45, 7) is 3.66. The van der Waals surface area contributed by atoms with Crippen LogP contribution in [0.1, 0.15) is 18.2 Å². The Labute approximate surface area is 185 Å². The molecule has 0 saturated carbocycles. The van der Waals surface area contributed by atoms with Gasteiger partial charge in [-0.3, -0.25) is 4.79 Å². The molecule has 7 nitrogen and oxygen atoms in total. The van der Waals surface area contributed by atoms with Gasteiger partial charge in [-0.05, 0) is 74.0 Å². The number of carbonyl (C=O) groups excluding carboxylic acids is 1. The zero-order valence-electron chi connectivity index (χ0n) is 16.8. The molecule has 2 heterocycles. The second-order valence-electron chi connectivity index (χ2n) is 7.14. The lowest BCUT2D eigenvalue weighted by Gasteiger charge is -2.13. The van der Waals surface area contributed by atoms with Gasteiger partial charge in [0.25, 0.3) is 5.91 Å². The molecule has 1 aromatic heterocycles. The van der Waals surface area contributed by atoms with E-state index in [1.54, 1.807) is 37.3 Å².